The van der Waals surface area contributed by atoms with Crippen LogP contribution in [-0.2, 0) is 5.66 Å². The van der Waals surface area contributed by atoms with Crippen LogP contribution in [0.2, 0.25) is 0 Å². The highest BCUT2D eigenvalue weighted by Crippen LogP contribution is 2.38. The maximum absolute atomic E-state index is 4.45. The van der Waals surface area contributed by atoms with Crippen LogP contribution in [0.1, 0.15) is 19.4 Å². The van der Waals surface area contributed by atoms with Gasteiger partial charge >= 0.3 is 0 Å². The monoisotopic (exact) mass is 262 g/mol. The Bertz CT molecular complexity index is 439. The van der Waals surface area contributed by atoms with Gasteiger partial charge in [-0.25, -0.2) is 4.98 Å². The molecule has 1 aromatic rings. The molecule has 1 aromatic heterocycles. The van der Waals surface area contributed by atoms with Gasteiger partial charge in [-0.2, -0.15) is 0 Å². The van der Waals surface area contributed by atoms with E-state index in [1.807, 2.05) is 27.3 Å². The molecule has 0 aromatic carbocycles. The van der Waals surface area contributed by atoms with Gasteiger partial charge in [0.25, 0.3) is 0 Å². The molecule has 0 unspecified atom stereocenters. The Morgan fingerprint density at radius 3 is 2.53 bits per heavy atom. The first-order valence-corrected chi connectivity index (χ1v) is 6.66. The number of hydrogen-bond donors (Lipinski definition) is 3. The van der Waals surface area contributed by atoms with Gasteiger partial charge in [-0.15, -0.1) is 0 Å². The van der Waals surface area contributed by atoms with Gasteiger partial charge in [-0.1, -0.05) is 13.8 Å². The molecule has 19 heavy (non-hydrogen) atoms. The first-order valence-electron chi connectivity index (χ1n) is 6.66. The smallest absolute Gasteiger partial charge is 0.127 e. The molecule has 0 saturated heterocycles. The first kappa shape index (κ1) is 14.1. The molecular weight excluding hydrogens is 238 g/mol. The van der Waals surface area contributed by atoms with E-state index in [1.165, 1.54) is 17.2 Å². The number of aromatic nitrogens is 1. The number of anilines is 2. The second-order valence-corrected chi connectivity index (χ2v) is 5.31. The van der Waals surface area contributed by atoms with E-state index in [1.54, 1.807) is 0 Å². The summed E-state index contributed by atoms with van der Waals surface area (Å²) in [6, 6.07) is 2.12. The van der Waals surface area contributed by atoms with Crippen molar-refractivity contribution in [1.29, 1.82) is 0 Å². The van der Waals surface area contributed by atoms with Gasteiger partial charge in [-0.05, 0) is 20.0 Å². The first-order chi connectivity index (χ1) is 9.06. The lowest BCUT2D eigenvalue weighted by molar-refractivity contribution is 0.325. The van der Waals surface area contributed by atoms with E-state index in [9.17, 15) is 0 Å². The summed E-state index contributed by atoms with van der Waals surface area (Å²) in [6.07, 6.45) is 1.96. The van der Waals surface area contributed by atoms with Crippen molar-refractivity contribution in [2.75, 3.05) is 44.4 Å². The quantitative estimate of drug-likeness (QED) is 0.695. The van der Waals surface area contributed by atoms with E-state index >= 15 is 0 Å². The van der Waals surface area contributed by atoms with Crippen LogP contribution in [0.25, 0.3) is 0 Å². The molecule has 0 atom stereocenters. The highest BCUT2D eigenvalue weighted by atomic mass is 15.3. The van der Waals surface area contributed by atoms with Crippen LogP contribution >= 0.6 is 0 Å². The Hall–Kier alpha value is -1.33. The van der Waals surface area contributed by atoms with E-state index in [-0.39, 0.29) is 5.66 Å². The van der Waals surface area contributed by atoms with Crippen LogP contribution in [0, 0.1) is 5.92 Å². The third kappa shape index (κ3) is 2.40. The Labute approximate surface area is 115 Å². The zero-order valence-electron chi connectivity index (χ0n) is 12.5. The minimum atomic E-state index is -0.218. The van der Waals surface area contributed by atoms with Gasteiger partial charge in [0.1, 0.15) is 11.5 Å². The minimum absolute atomic E-state index is 0.218. The number of pyridine rings is 1. The van der Waals surface area contributed by atoms with E-state index in [0.717, 1.165) is 18.9 Å². The average Bonchev–Trinajstić information content (AvgIpc) is 2.72. The van der Waals surface area contributed by atoms with Gasteiger partial charge in [0.15, 0.2) is 0 Å². The van der Waals surface area contributed by atoms with Crippen molar-refractivity contribution in [1.82, 2.24) is 15.6 Å². The fourth-order valence-corrected chi connectivity index (χ4v) is 2.70. The lowest BCUT2D eigenvalue weighted by Crippen LogP contribution is -2.54. The van der Waals surface area contributed by atoms with E-state index in [4.69, 9.17) is 0 Å². The molecule has 1 radical (unpaired) electrons. The number of hydrogen-bond acceptors (Lipinski definition) is 5. The summed E-state index contributed by atoms with van der Waals surface area (Å²) in [4.78, 5) is 6.84. The molecule has 5 heteroatoms. The molecular formula is C14H24N5. The van der Waals surface area contributed by atoms with Crippen LogP contribution in [0.5, 0.6) is 0 Å². The normalized spacial score (nSPS) is 16.8. The third-order valence-electron chi connectivity index (χ3n) is 3.73. The summed E-state index contributed by atoms with van der Waals surface area (Å²) in [5.41, 5.74) is 2.23. The van der Waals surface area contributed by atoms with E-state index < -0.39 is 0 Å². The highest BCUT2D eigenvalue weighted by Gasteiger charge is 2.41. The standard InChI is InChI=1S/C14H24N5/c1-10(2)8-19-9-14(16-4,17-5)11-7-18-13(15-3)6-12(11)19/h6-7,16-17H,8-9H2,1-5H3,(H,15,18). The van der Waals surface area contributed by atoms with E-state index in [2.05, 4.69) is 45.7 Å². The van der Waals surface area contributed by atoms with Crippen molar-refractivity contribution in [3.63, 3.8) is 0 Å². The number of nitrogens with one attached hydrogen (secondary N) is 3. The summed E-state index contributed by atoms with van der Waals surface area (Å²) in [7, 11) is 5.87. The molecule has 0 amide bonds. The lowest BCUT2D eigenvalue weighted by Gasteiger charge is -2.30. The molecule has 1 aliphatic heterocycles. The molecule has 1 aliphatic rings. The van der Waals surface area contributed by atoms with Crippen LogP contribution in [0.15, 0.2) is 12.3 Å². The molecule has 105 valence electrons. The molecule has 0 saturated carbocycles. The molecule has 0 spiro atoms. The van der Waals surface area contributed by atoms with Crippen LogP contribution < -0.4 is 20.9 Å². The fraction of sp³-hybridized carbons (Fsp3) is 0.571. The van der Waals surface area contributed by atoms with Crippen molar-refractivity contribution >= 4 is 11.5 Å². The highest BCUT2D eigenvalue weighted by molar-refractivity contribution is 5.66. The number of fused-ring (bicyclic) bond motifs is 1. The van der Waals surface area contributed by atoms with Crippen LogP contribution in [0.3, 0.4) is 0 Å². The Balaban J connectivity index is 2.45. The van der Waals surface area contributed by atoms with Gasteiger partial charge < -0.3 is 10.2 Å². The molecule has 0 aliphatic carbocycles. The lowest BCUT2D eigenvalue weighted by atomic mass is 10.0. The minimum Gasteiger partial charge on any atom is -0.373 e. The van der Waals surface area contributed by atoms with Gasteiger partial charge in [0, 0.05) is 37.1 Å². The third-order valence-corrected chi connectivity index (χ3v) is 3.73. The van der Waals surface area contributed by atoms with Crippen LogP contribution in [-0.4, -0.2) is 39.2 Å². The van der Waals surface area contributed by atoms with Crippen molar-refractivity contribution in [2.45, 2.75) is 19.5 Å². The SMILES string of the molecule is CNc1cc2c(cn1)C(NC)(NC)CN2C[C](C)C. The topological polar surface area (TPSA) is 52.2 Å². The van der Waals surface area contributed by atoms with Crippen molar-refractivity contribution < 1.29 is 0 Å². The second kappa shape index (κ2) is 5.35. The molecule has 2 heterocycles. The van der Waals surface area contributed by atoms with Crippen molar-refractivity contribution in [2.24, 2.45) is 0 Å². The summed E-state index contributed by atoms with van der Waals surface area (Å²) in [6.45, 7) is 6.19. The Morgan fingerprint density at radius 1 is 1.32 bits per heavy atom. The summed E-state index contributed by atoms with van der Waals surface area (Å²) >= 11 is 0. The summed E-state index contributed by atoms with van der Waals surface area (Å²) in [5.74, 6) is 2.30. The zero-order chi connectivity index (χ0) is 14.0. The summed E-state index contributed by atoms with van der Waals surface area (Å²) < 4.78 is 0. The molecule has 0 bridgehead atoms. The number of likely N-dealkylation sites (N-methyl/N-ethyl adjacent to an activating group) is 2. The zero-order valence-corrected chi connectivity index (χ0v) is 12.5. The maximum atomic E-state index is 4.45. The molecule has 5 nitrogen and oxygen atoms in total. The predicted octanol–water partition coefficient (Wildman–Crippen LogP) is 1.15. The molecule has 2 rings (SSSR count). The number of nitrogens with zero attached hydrogens (tertiary/aromatic N) is 2. The van der Waals surface area contributed by atoms with E-state index in [0.29, 0.717) is 0 Å². The second-order valence-electron chi connectivity index (χ2n) is 5.31. The van der Waals surface area contributed by atoms with Crippen molar-refractivity contribution in [3.8, 4) is 0 Å². The Morgan fingerprint density at radius 2 is 2.00 bits per heavy atom. The van der Waals surface area contributed by atoms with Crippen LogP contribution in [0.4, 0.5) is 11.5 Å². The molecule has 0 fully saturated rings. The average molecular weight is 262 g/mol. The predicted molar refractivity (Wildman–Crippen MR) is 80.4 cm³/mol. The van der Waals surface area contributed by atoms with Gasteiger partial charge in [0.05, 0.1) is 6.54 Å². The largest absolute Gasteiger partial charge is 0.373 e. The Kier molecular flexibility index (Phi) is 3.96. The number of rotatable bonds is 5. The summed E-state index contributed by atoms with van der Waals surface area (Å²) in [5, 5.41) is 9.91. The van der Waals surface area contributed by atoms with Gasteiger partial charge in [-0.3, -0.25) is 10.6 Å². The fourth-order valence-electron chi connectivity index (χ4n) is 2.70. The van der Waals surface area contributed by atoms with Crippen molar-refractivity contribution in [3.05, 3.63) is 23.7 Å². The maximum Gasteiger partial charge on any atom is 0.127 e. The molecule has 3 N–H and O–H groups in total. The van der Waals surface area contributed by atoms with Gasteiger partial charge in [0.2, 0.25) is 0 Å².